The summed E-state index contributed by atoms with van der Waals surface area (Å²) in [6.45, 7) is 2.47. The molecule has 0 saturated heterocycles. The van der Waals surface area contributed by atoms with E-state index in [2.05, 4.69) is 20.6 Å². The summed E-state index contributed by atoms with van der Waals surface area (Å²) in [6.07, 6.45) is 2.67. The van der Waals surface area contributed by atoms with Crippen LogP contribution in [-0.4, -0.2) is 49.0 Å². The van der Waals surface area contributed by atoms with Crippen molar-refractivity contribution in [3.8, 4) is 5.75 Å². The van der Waals surface area contributed by atoms with Gasteiger partial charge in [0.1, 0.15) is 23.5 Å². The Morgan fingerprint density at radius 3 is 2.73 bits per heavy atom. The number of rotatable bonds is 6. The van der Waals surface area contributed by atoms with Crippen LogP contribution in [0.5, 0.6) is 5.75 Å². The average molecular weight is 354 g/mol. The molecule has 1 aliphatic rings. The molecule has 2 aromatic rings. The van der Waals surface area contributed by atoms with E-state index in [4.69, 9.17) is 4.74 Å². The number of nitrogens with one attached hydrogen (secondary N) is 2. The Balaban J connectivity index is 1.94. The largest absolute Gasteiger partial charge is 0.495 e. The standard InChI is InChI=1S/C18H22N6O2/c1-12-7-17(19-2)22-18(20-12)21-14-5-6-16(26-4)15(8-14)24-10-13(11-25)9-23(24)3/h5-8,10-11H,9H2,1-4H3,(H2,19,20,21,22). The van der Waals surface area contributed by atoms with Gasteiger partial charge in [-0.2, -0.15) is 4.98 Å². The van der Waals surface area contributed by atoms with E-state index in [1.165, 1.54) is 0 Å². The molecule has 2 heterocycles. The second-order valence-corrected chi connectivity index (χ2v) is 5.96. The summed E-state index contributed by atoms with van der Waals surface area (Å²) >= 11 is 0. The Bertz CT molecular complexity index is 852. The maximum absolute atomic E-state index is 11.1. The Kier molecular flexibility index (Phi) is 5.04. The monoisotopic (exact) mass is 354 g/mol. The van der Waals surface area contributed by atoms with Gasteiger partial charge < -0.3 is 15.4 Å². The van der Waals surface area contributed by atoms with Crippen molar-refractivity contribution in [3.05, 3.63) is 41.7 Å². The fourth-order valence-electron chi connectivity index (χ4n) is 2.79. The number of carbonyl (C=O) groups excluding carboxylic acids is 1. The lowest BCUT2D eigenvalue weighted by Gasteiger charge is -2.27. The summed E-state index contributed by atoms with van der Waals surface area (Å²) in [7, 11) is 5.35. The fourth-order valence-corrected chi connectivity index (χ4v) is 2.79. The number of methoxy groups -OCH3 is 1. The third-order valence-electron chi connectivity index (χ3n) is 4.01. The number of hydrogen-bond donors (Lipinski definition) is 2. The Hall–Kier alpha value is -3.13. The van der Waals surface area contributed by atoms with Gasteiger partial charge in [0, 0.05) is 49.9 Å². The van der Waals surface area contributed by atoms with Crippen LogP contribution >= 0.6 is 0 Å². The third kappa shape index (κ3) is 3.60. The molecule has 0 amide bonds. The zero-order chi connectivity index (χ0) is 18.7. The van der Waals surface area contributed by atoms with E-state index in [0.29, 0.717) is 23.8 Å². The SMILES string of the molecule is CNc1cc(C)nc(Nc2ccc(OC)c(N3C=C(C=O)CN3C)c2)n1. The number of likely N-dealkylation sites (N-methyl/N-ethyl adjacent to an activating group) is 1. The fraction of sp³-hybridized carbons (Fsp3) is 0.278. The summed E-state index contributed by atoms with van der Waals surface area (Å²) in [6, 6.07) is 7.57. The van der Waals surface area contributed by atoms with Gasteiger partial charge in [0.15, 0.2) is 0 Å². The number of nitrogens with zero attached hydrogens (tertiary/aromatic N) is 4. The number of hydrogen-bond acceptors (Lipinski definition) is 8. The summed E-state index contributed by atoms with van der Waals surface area (Å²) < 4.78 is 5.48. The average Bonchev–Trinajstić information content (AvgIpc) is 3.02. The maximum Gasteiger partial charge on any atom is 0.229 e. The van der Waals surface area contributed by atoms with E-state index in [1.54, 1.807) is 13.3 Å². The van der Waals surface area contributed by atoms with Crippen LogP contribution in [-0.2, 0) is 4.79 Å². The normalized spacial score (nSPS) is 14.2. The highest BCUT2D eigenvalue weighted by atomic mass is 16.5. The smallest absolute Gasteiger partial charge is 0.229 e. The number of carbonyl (C=O) groups is 1. The van der Waals surface area contributed by atoms with Crippen LogP contribution < -0.4 is 20.4 Å². The van der Waals surface area contributed by atoms with Crippen LogP contribution in [0, 0.1) is 6.92 Å². The van der Waals surface area contributed by atoms with Crippen LogP contribution in [0.25, 0.3) is 0 Å². The Labute approximate surface area is 152 Å². The molecule has 0 unspecified atom stereocenters. The van der Waals surface area contributed by atoms with Gasteiger partial charge in [-0.1, -0.05) is 0 Å². The number of anilines is 4. The second-order valence-electron chi connectivity index (χ2n) is 5.96. The molecule has 136 valence electrons. The molecular weight excluding hydrogens is 332 g/mol. The van der Waals surface area contributed by atoms with E-state index in [9.17, 15) is 4.79 Å². The highest BCUT2D eigenvalue weighted by Crippen LogP contribution is 2.35. The highest BCUT2D eigenvalue weighted by molar-refractivity contribution is 5.78. The Morgan fingerprint density at radius 2 is 2.08 bits per heavy atom. The summed E-state index contributed by atoms with van der Waals surface area (Å²) in [4.78, 5) is 19.9. The molecule has 0 aliphatic carbocycles. The topological polar surface area (TPSA) is 82.6 Å². The minimum atomic E-state index is 0.504. The van der Waals surface area contributed by atoms with Crippen molar-refractivity contribution >= 4 is 29.4 Å². The number of hydrazine groups is 1. The number of aromatic nitrogens is 2. The molecule has 2 N–H and O–H groups in total. The molecule has 1 aromatic heterocycles. The third-order valence-corrected chi connectivity index (χ3v) is 4.01. The predicted molar refractivity (Wildman–Crippen MR) is 102 cm³/mol. The molecular formula is C18H22N6O2. The van der Waals surface area contributed by atoms with Crippen LogP contribution in [0.1, 0.15) is 5.69 Å². The van der Waals surface area contributed by atoms with Gasteiger partial charge in [0.2, 0.25) is 5.95 Å². The van der Waals surface area contributed by atoms with Crippen LogP contribution in [0.3, 0.4) is 0 Å². The van der Waals surface area contributed by atoms with Crippen molar-refractivity contribution in [3.63, 3.8) is 0 Å². The van der Waals surface area contributed by atoms with Crippen LogP contribution in [0.15, 0.2) is 36.0 Å². The molecule has 3 rings (SSSR count). The van der Waals surface area contributed by atoms with E-state index in [-0.39, 0.29) is 0 Å². The molecule has 8 nitrogen and oxygen atoms in total. The number of aryl methyl sites for hydroxylation is 1. The molecule has 0 atom stereocenters. The molecule has 0 saturated carbocycles. The lowest BCUT2D eigenvalue weighted by atomic mass is 10.2. The zero-order valence-electron chi connectivity index (χ0n) is 15.3. The van der Waals surface area contributed by atoms with E-state index in [1.807, 2.05) is 55.3 Å². The minimum absolute atomic E-state index is 0.504. The van der Waals surface area contributed by atoms with Gasteiger partial charge in [-0.15, -0.1) is 0 Å². The van der Waals surface area contributed by atoms with Crippen molar-refractivity contribution in [1.29, 1.82) is 0 Å². The van der Waals surface area contributed by atoms with Crippen LogP contribution in [0.4, 0.5) is 23.1 Å². The van der Waals surface area contributed by atoms with E-state index < -0.39 is 0 Å². The van der Waals surface area contributed by atoms with Gasteiger partial charge in [0.25, 0.3) is 0 Å². The van der Waals surface area contributed by atoms with E-state index >= 15 is 0 Å². The Morgan fingerprint density at radius 1 is 1.27 bits per heavy atom. The molecule has 0 bridgehead atoms. The van der Waals surface area contributed by atoms with Gasteiger partial charge in [0.05, 0.1) is 7.11 Å². The molecule has 0 spiro atoms. The van der Waals surface area contributed by atoms with Crippen molar-refractivity contribution in [2.45, 2.75) is 6.92 Å². The summed E-state index contributed by atoms with van der Waals surface area (Å²) in [5, 5.41) is 10.1. The first-order chi connectivity index (χ1) is 12.5. The minimum Gasteiger partial charge on any atom is -0.495 e. The van der Waals surface area contributed by atoms with Gasteiger partial charge in [-0.25, -0.2) is 9.99 Å². The molecule has 1 aliphatic heterocycles. The summed E-state index contributed by atoms with van der Waals surface area (Å²) in [5.74, 6) is 1.95. The maximum atomic E-state index is 11.1. The first-order valence-corrected chi connectivity index (χ1v) is 8.18. The predicted octanol–water partition coefficient (Wildman–Crippen LogP) is 2.33. The lowest BCUT2D eigenvalue weighted by molar-refractivity contribution is -0.105. The van der Waals surface area contributed by atoms with Crippen molar-refractivity contribution in [2.75, 3.05) is 43.4 Å². The van der Waals surface area contributed by atoms with E-state index in [0.717, 1.165) is 29.2 Å². The van der Waals surface area contributed by atoms with Crippen LogP contribution in [0.2, 0.25) is 0 Å². The number of benzene rings is 1. The molecule has 8 heteroatoms. The van der Waals surface area contributed by atoms with Crippen molar-refractivity contribution in [2.24, 2.45) is 0 Å². The molecule has 26 heavy (non-hydrogen) atoms. The summed E-state index contributed by atoms with van der Waals surface area (Å²) in [5.41, 5.74) is 3.19. The molecule has 0 fully saturated rings. The zero-order valence-corrected chi connectivity index (χ0v) is 15.3. The lowest BCUT2D eigenvalue weighted by Crippen LogP contribution is -2.31. The second kappa shape index (κ2) is 7.40. The molecule has 1 aromatic carbocycles. The van der Waals surface area contributed by atoms with Gasteiger partial charge in [-0.3, -0.25) is 9.80 Å². The quantitative estimate of drug-likeness (QED) is 0.765. The van der Waals surface area contributed by atoms with Crippen molar-refractivity contribution in [1.82, 2.24) is 15.0 Å². The number of aldehydes is 1. The van der Waals surface area contributed by atoms with Gasteiger partial charge in [-0.05, 0) is 25.1 Å². The number of ether oxygens (including phenoxy) is 1. The first-order valence-electron chi connectivity index (χ1n) is 8.18. The molecule has 0 radical (unpaired) electrons. The van der Waals surface area contributed by atoms with Crippen molar-refractivity contribution < 1.29 is 9.53 Å². The van der Waals surface area contributed by atoms with Gasteiger partial charge >= 0.3 is 0 Å². The first kappa shape index (κ1) is 17.7. The highest BCUT2D eigenvalue weighted by Gasteiger charge is 2.22.